The molecule has 0 aromatic heterocycles. The number of nitrogens with one attached hydrogen (secondary N) is 2. The van der Waals surface area contributed by atoms with E-state index in [1.54, 1.807) is 12.1 Å². The lowest BCUT2D eigenvalue weighted by Gasteiger charge is -2.31. The molecule has 9 heteroatoms. The molecule has 1 aromatic carbocycles. The van der Waals surface area contributed by atoms with Crippen molar-refractivity contribution in [1.82, 2.24) is 9.62 Å². The van der Waals surface area contributed by atoms with Crippen molar-refractivity contribution in [3.8, 4) is 0 Å². The van der Waals surface area contributed by atoms with E-state index in [2.05, 4.69) is 12.2 Å². The number of amides is 1. The summed E-state index contributed by atoms with van der Waals surface area (Å²) in [6, 6.07) is 4.76. The van der Waals surface area contributed by atoms with E-state index in [0.717, 1.165) is 17.7 Å². The maximum absolute atomic E-state index is 12.8. The van der Waals surface area contributed by atoms with Crippen molar-refractivity contribution in [2.24, 2.45) is 0 Å². The molecule has 0 radical (unpaired) electrons. The normalized spacial score (nSPS) is 17.8. The van der Waals surface area contributed by atoms with Crippen molar-refractivity contribution in [2.75, 3.05) is 32.7 Å². The second-order valence-electron chi connectivity index (χ2n) is 6.64. The monoisotopic (exact) mass is 422 g/mol. The molecule has 2 rings (SSSR count). The lowest BCUT2D eigenvalue weighted by atomic mass is 10.2. The highest BCUT2D eigenvalue weighted by Crippen LogP contribution is 2.30. The quantitative estimate of drug-likeness (QED) is 0.692. The molecular formula is C17H26Cl2N3O3S+. The van der Waals surface area contributed by atoms with Gasteiger partial charge in [0.05, 0.1) is 36.2 Å². The molecular weight excluding hydrogens is 397 g/mol. The highest BCUT2D eigenvalue weighted by molar-refractivity contribution is 7.89. The Kier molecular flexibility index (Phi) is 7.73. The zero-order valence-corrected chi connectivity index (χ0v) is 17.4. The van der Waals surface area contributed by atoms with Crippen LogP contribution in [-0.4, -0.2) is 57.4 Å². The lowest BCUT2D eigenvalue weighted by molar-refractivity contribution is -0.895. The van der Waals surface area contributed by atoms with E-state index in [0.29, 0.717) is 32.7 Å². The molecule has 1 atom stereocenters. The number of quaternary nitrogens is 1. The van der Waals surface area contributed by atoms with Crippen LogP contribution in [0, 0.1) is 0 Å². The number of carbonyl (C=O) groups is 1. The molecule has 1 saturated heterocycles. The van der Waals surface area contributed by atoms with Crippen LogP contribution < -0.4 is 10.2 Å². The van der Waals surface area contributed by atoms with Crippen LogP contribution >= 0.6 is 23.2 Å². The van der Waals surface area contributed by atoms with E-state index >= 15 is 0 Å². The molecule has 0 aliphatic carbocycles. The summed E-state index contributed by atoms with van der Waals surface area (Å²) in [5, 5.41) is 3.25. The van der Waals surface area contributed by atoms with Gasteiger partial charge >= 0.3 is 0 Å². The number of piperazine rings is 1. The van der Waals surface area contributed by atoms with Gasteiger partial charge in [-0.1, -0.05) is 42.6 Å². The van der Waals surface area contributed by atoms with Crippen LogP contribution in [0.3, 0.4) is 0 Å². The number of benzene rings is 1. The first kappa shape index (κ1) is 21.4. The Morgan fingerprint density at radius 3 is 2.58 bits per heavy atom. The van der Waals surface area contributed by atoms with E-state index in [4.69, 9.17) is 23.2 Å². The van der Waals surface area contributed by atoms with Crippen molar-refractivity contribution in [3.63, 3.8) is 0 Å². The van der Waals surface area contributed by atoms with Gasteiger partial charge in [0.25, 0.3) is 5.91 Å². The minimum atomic E-state index is -3.69. The lowest BCUT2D eigenvalue weighted by Crippen LogP contribution is -3.15. The van der Waals surface area contributed by atoms with E-state index in [9.17, 15) is 13.2 Å². The molecule has 0 spiro atoms. The molecule has 1 aliphatic rings. The number of hydrogen-bond acceptors (Lipinski definition) is 3. The first-order chi connectivity index (χ1) is 12.3. The molecule has 0 bridgehead atoms. The highest BCUT2D eigenvalue weighted by Gasteiger charge is 2.32. The molecule has 146 valence electrons. The fraction of sp³-hybridized carbons (Fsp3) is 0.588. The van der Waals surface area contributed by atoms with Gasteiger partial charge < -0.3 is 10.2 Å². The van der Waals surface area contributed by atoms with E-state index in [-0.39, 0.29) is 26.9 Å². The molecule has 1 aromatic rings. The molecule has 26 heavy (non-hydrogen) atoms. The van der Waals surface area contributed by atoms with Gasteiger partial charge in [-0.2, -0.15) is 4.31 Å². The molecule has 0 unspecified atom stereocenters. The van der Waals surface area contributed by atoms with Gasteiger partial charge in [0.2, 0.25) is 10.0 Å². The minimum absolute atomic E-state index is 0.00939. The van der Waals surface area contributed by atoms with Gasteiger partial charge in [-0.3, -0.25) is 4.79 Å². The molecule has 1 aliphatic heterocycles. The van der Waals surface area contributed by atoms with Crippen LogP contribution in [0.15, 0.2) is 23.1 Å². The van der Waals surface area contributed by atoms with Crippen LogP contribution in [-0.2, 0) is 14.8 Å². The van der Waals surface area contributed by atoms with Crippen LogP contribution in [0.5, 0.6) is 0 Å². The van der Waals surface area contributed by atoms with Crippen LogP contribution in [0.25, 0.3) is 0 Å². The Labute approximate surface area is 165 Å². The van der Waals surface area contributed by atoms with Gasteiger partial charge in [0.1, 0.15) is 4.90 Å². The Morgan fingerprint density at radius 1 is 1.31 bits per heavy atom. The summed E-state index contributed by atoms with van der Waals surface area (Å²) in [5.41, 5.74) is 0. The van der Waals surface area contributed by atoms with Gasteiger partial charge in [-0.15, -0.1) is 0 Å². The summed E-state index contributed by atoms with van der Waals surface area (Å²) in [7, 11) is -3.69. The fourth-order valence-corrected chi connectivity index (χ4v) is 5.28. The molecule has 0 saturated carbocycles. The predicted octanol–water partition coefficient (Wildman–Crippen LogP) is 1.19. The molecule has 1 heterocycles. The number of nitrogens with zero attached hydrogens (tertiary/aromatic N) is 1. The minimum Gasteiger partial charge on any atom is -0.349 e. The maximum atomic E-state index is 12.8. The number of sulfonamides is 1. The molecule has 2 N–H and O–H groups in total. The summed E-state index contributed by atoms with van der Waals surface area (Å²) in [6.45, 7) is 6.28. The Morgan fingerprint density at radius 2 is 1.96 bits per heavy atom. The predicted molar refractivity (Wildman–Crippen MR) is 103 cm³/mol. The summed E-state index contributed by atoms with van der Waals surface area (Å²) in [6.07, 6.45) is 1.98. The van der Waals surface area contributed by atoms with Crippen molar-refractivity contribution in [1.29, 1.82) is 0 Å². The van der Waals surface area contributed by atoms with Crippen LogP contribution in [0.4, 0.5) is 0 Å². The van der Waals surface area contributed by atoms with E-state index in [1.165, 1.54) is 10.4 Å². The van der Waals surface area contributed by atoms with E-state index in [1.807, 2.05) is 6.92 Å². The zero-order valence-electron chi connectivity index (χ0n) is 15.1. The number of carbonyl (C=O) groups excluding carboxylic acids is 1. The SMILES string of the molecule is CCC[C@H](C)NC(=O)C[NH+]1CCN(S(=O)(=O)c2cccc(Cl)c2Cl)CC1. The highest BCUT2D eigenvalue weighted by atomic mass is 35.5. The van der Waals surface area contributed by atoms with Crippen molar-refractivity contribution < 1.29 is 18.1 Å². The van der Waals surface area contributed by atoms with Gasteiger partial charge in [0.15, 0.2) is 6.54 Å². The van der Waals surface area contributed by atoms with Crippen molar-refractivity contribution in [3.05, 3.63) is 28.2 Å². The third kappa shape index (κ3) is 5.33. The Bertz CT molecular complexity index is 735. The van der Waals surface area contributed by atoms with Gasteiger partial charge in [-0.25, -0.2) is 8.42 Å². The first-order valence-corrected chi connectivity index (χ1v) is 11.0. The second-order valence-corrected chi connectivity index (χ2v) is 9.33. The average Bonchev–Trinajstić information content (AvgIpc) is 2.57. The van der Waals surface area contributed by atoms with Crippen LogP contribution in [0.1, 0.15) is 26.7 Å². The number of hydrogen-bond donors (Lipinski definition) is 2. The van der Waals surface area contributed by atoms with Crippen molar-refractivity contribution in [2.45, 2.75) is 37.6 Å². The average molecular weight is 423 g/mol. The molecule has 6 nitrogen and oxygen atoms in total. The first-order valence-electron chi connectivity index (χ1n) is 8.82. The third-order valence-electron chi connectivity index (χ3n) is 4.50. The second kappa shape index (κ2) is 9.37. The topological polar surface area (TPSA) is 70.9 Å². The Balaban J connectivity index is 1.93. The number of rotatable bonds is 7. The van der Waals surface area contributed by atoms with Gasteiger partial charge in [-0.05, 0) is 25.5 Å². The van der Waals surface area contributed by atoms with Crippen LogP contribution in [0.2, 0.25) is 10.0 Å². The smallest absolute Gasteiger partial charge is 0.275 e. The largest absolute Gasteiger partial charge is 0.349 e. The van der Waals surface area contributed by atoms with Crippen molar-refractivity contribution >= 4 is 39.1 Å². The summed E-state index contributed by atoms with van der Waals surface area (Å²) < 4.78 is 27.0. The van der Waals surface area contributed by atoms with E-state index < -0.39 is 10.0 Å². The fourth-order valence-electron chi connectivity index (χ4n) is 3.10. The Hall–Kier alpha value is -0.860. The van der Waals surface area contributed by atoms with Gasteiger partial charge in [0, 0.05) is 6.04 Å². The summed E-state index contributed by atoms with van der Waals surface area (Å²) >= 11 is 12.0. The standard InChI is InChI=1S/C17H25Cl2N3O3S/c1-3-5-13(2)20-16(23)12-21-8-10-22(11-9-21)26(24,25)15-7-4-6-14(18)17(15)19/h4,6-7,13H,3,5,8-12H2,1-2H3,(H,20,23)/p+1/t13-/m0/s1. The number of halogens is 2. The summed E-state index contributed by atoms with van der Waals surface area (Å²) in [5.74, 6) is 0.00939. The third-order valence-corrected chi connectivity index (χ3v) is 7.38. The zero-order chi connectivity index (χ0) is 19.3. The molecule has 1 fully saturated rings. The molecule has 1 amide bonds. The summed E-state index contributed by atoms with van der Waals surface area (Å²) in [4.78, 5) is 13.2. The maximum Gasteiger partial charge on any atom is 0.275 e.